The van der Waals surface area contributed by atoms with Gasteiger partial charge in [-0.3, -0.25) is 5.43 Å². The van der Waals surface area contributed by atoms with Crippen molar-refractivity contribution in [2.24, 2.45) is 5.41 Å². The lowest BCUT2D eigenvalue weighted by Crippen LogP contribution is -2.58. The van der Waals surface area contributed by atoms with Gasteiger partial charge in [0, 0.05) is 12.1 Å². The molecule has 2 heteroatoms. The molecule has 2 unspecified atom stereocenters. The molecule has 0 aromatic heterocycles. The number of hydrogen-bond donors (Lipinski definition) is 1. The fourth-order valence-corrected chi connectivity index (χ4v) is 3.29. The van der Waals surface area contributed by atoms with E-state index in [1.165, 1.54) is 32.1 Å². The van der Waals surface area contributed by atoms with Gasteiger partial charge >= 0.3 is 0 Å². The average molecular weight is 182 g/mol. The van der Waals surface area contributed by atoms with E-state index >= 15 is 0 Å². The van der Waals surface area contributed by atoms with Gasteiger partial charge in [-0.2, -0.15) is 0 Å². The van der Waals surface area contributed by atoms with Crippen LogP contribution in [0.1, 0.15) is 46.0 Å². The Labute approximate surface area is 81.7 Å². The Bertz CT molecular complexity index is 173. The molecule has 13 heavy (non-hydrogen) atoms. The Morgan fingerprint density at radius 3 is 2.15 bits per heavy atom. The van der Waals surface area contributed by atoms with E-state index < -0.39 is 0 Å². The van der Waals surface area contributed by atoms with Crippen LogP contribution in [0.4, 0.5) is 0 Å². The van der Waals surface area contributed by atoms with Crippen LogP contribution in [0.15, 0.2) is 0 Å². The third kappa shape index (κ3) is 1.75. The average Bonchev–Trinajstić information content (AvgIpc) is 2.01. The van der Waals surface area contributed by atoms with Gasteiger partial charge in [-0.1, -0.05) is 20.3 Å². The summed E-state index contributed by atoms with van der Waals surface area (Å²) >= 11 is 0. The monoisotopic (exact) mass is 182 g/mol. The van der Waals surface area contributed by atoms with E-state index in [-0.39, 0.29) is 0 Å². The number of nitrogens with zero attached hydrogens (tertiary/aromatic N) is 1. The molecule has 2 aliphatic heterocycles. The normalized spacial score (nSPS) is 39.0. The van der Waals surface area contributed by atoms with Crippen molar-refractivity contribution in [3.8, 4) is 0 Å². The summed E-state index contributed by atoms with van der Waals surface area (Å²) in [5.74, 6) is 0. The lowest BCUT2D eigenvalue weighted by atomic mass is 9.71. The lowest BCUT2D eigenvalue weighted by molar-refractivity contribution is -0.0456. The summed E-state index contributed by atoms with van der Waals surface area (Å²) in [5, 5.41) is 2.51. The van der Waals surface area contributed by atoms with Gasteiger partial charge in [0.1, 0.15) is 0 Å². The van der Waals surface area contributed by atoms with Gasteiger partial charge in [0.2, 0.25) is 0 Å². The largest absolute Gasteiger partial charge is 0.258 e. The van der Waals surface area contributed by atoms with Crippen LogP contribution in [0, 0.1) is 5.41 Å². The van der Waals surface area contributed by atoms with Crippen molar-refractivity contribution >= 4 is 0 Å². The highest BCUT2D eigenvalue weighted by Gasteiger charge is 2.41. The first-order valence-electron chi connectivity index (χ1n) is 5.58. The fraction of sp³-hybridized carbons (Fsp3) is 1.00. The molecular formula is C11H22N2. The fourth-order valence-electron chi connectivity index (χ4n) is 3.29. The summed E-state index contributed by atoms with van der Waals surface area (Å²) in [5.41, 5.74) is 3.95. The molecule has 0 spiro atoms. The summed E-state index contributed by atoms with van der Waals surface area (Å²) in [6, 6.07) is 1.60. The highest BCUT2D eigenvalue weighted by Crippen LogP contribution is 2.42. The molecule has 2 heterocycles. The van der Waals surface area contributed by atoms with Gasteiger partial charge in [-0.25, -0.2) is 5.01 Å². The van der Waals surface area contributed by atoms with Crippen molar-refractivity contribution in [2.75, 3.05) is 7.05 Å². The lowest BCUT2D eigenvalue weighted by Gasteiger charge is -2.51. The van der Waals surface area contributed by atoms with Gasteiger partial charge < -0.3 is 0 Å². The molecule has 2 saturated heterocycles. The quantitative estimate of drug-likeness (QED) is 0.668. The minimum Gasteiger partial charge on any atom is -0.258 e. The van der Waals surface area contributed by atoms with Gasteiger partial charge in [-0.05, 0) is 38.1 Å². The van der Waals surface area contributed by atoms with E-state index in [9.17, 15) is 0 Å². The molecule has 2 atom stereocenters. The Balaban J connectivity index is 2.12. The van der Waals surface area contributed by atoms with Crippen molar-refractivity contribution in [3.05, 3.63) is 0 Å². The van der Waals surface area contributed by atoms with Crippen LogP contribution < -0.4 is 5.43 Å². The molecule has 0 aromatic carbocycles. The number of rotatable bonds is 1. The molecule has 0 radical (unpaired) electrons. The second-order valence-corrected chi connectivity index (χ2v) is 5.44. The van der Waals surface area contributed by atoms with Gasteiger partial charge in [0.15, 0.2) is 0 Å². The Morgan fingerprint density at radius 1 is 1.15 bits per heavy atom. The summed E-state index contributed by atoms with van der Waals surface area (Å²) in [7, 11) is 2.07. The van der Waals surface area contributed by atoms with Crippen LogP contribution >= 0.6 is 0 Å². The van der Waals surface area contributed by atoms with E-state index in [0.717, 1.165) is 12.1 Å². The van der Waals surface area contributed by atoms with Crippen LogP contribution in [0.25, 0.3) is 0 Å². The SMILES string of the molecule is CNN1C2CCCC1CC(C)(C)C2. The first kappa shape index (κ1) is 9.47. The van der Waals surface area contributed by atoms with E-state index in [1.807, 2.05) is 0 Å². The summed E-state index contributed by atoms with van der Waals surface area (Å²) in [6.45, 7) is 4.84. The minimum atomic E-state index is 0.573. The predicted molar refractivity (Wildman–Crippen MR) is 55.3 cm³/mol. The highest BCUT2D eigenvalue weighted by molar-refractivity contribution is 4.93. The number of hydrazine groups is 1. The molecule has 0 aliphatic carbocycles. The van der Waals surface area contributed by atoms with E-state index in [2.05, 4.69) is 31.3 Å². The molecule has 0 aromatic rings. The van der Waals surface area contributed by atoms with Crippen LogP contribution in [0.5, 0.6) is 0 Å². The van der Waals surface area contributed by atoms with Gasteiger partial charge in [0.25, 0.3) is 0 Å². The van der Waals surface area contributed by atoms with Crippen LogP contribution in [-0.2, 0) is 0 Å². The molecule has 2 bridgehead atoms. The van der Waals surface area contributed by atoms with Crippen LogP contribution in [0.2, 0.25) is 0 Å². The maximum Gasteiger partial charge on any atom is 0.0251 e. The van der Waals surface area contributed by atoms with Crippen molar-refractivity contribution in [1.82, 2.24) is 10.4 Å². The van der Waals surface area contributed by atoms with Crippen LogP contribution in [0.3, 0.4) is 0 Å². The molecule has 0 amide bonds. The van der Waals surface area contributed by atoms with Crippen LogP contribution in [-0.4, -0.2) is 24.1 Å². The first-order valence-corrected chi connectivity index (χ1v) is 5.58. The summed E-state index contributed by atoms with van der Waals surface area (Å²) in [4.78, 5) is 0. The Morgan fingerprint density at radius 2 is 1.69 bits per heavy atom. The van der Waals surface area contributed by atoms with Gasteiger partial charge in [0.05, 0.1) is 0 Å². The maximum absolute atomic E-state index is 3.38. The third-order valence-electron chi connectivity index (χ3n) is 3.70. The highest BCUT2D eigenvalue weighted by atomic mass is 15.5. The second kappa shape index (κ2) is 3.25. The van der Waals surface area contributed by atoms with Crippen molar-refractivity contribution in [3.63, 3.8) is 0 Å². The molecule has 76 valence electrons. The molecule has 2 nitrogen and oxygen atoms in total. The molecule has 2 fully saturated rings. The molecule has 2 aliphatic rings. The smallest absolute Gasteiger partial charge is 0.0251 e. The Kier molecular flexibility index (Phi) is 2.37. The van der Waals surface area contributed by atoms with Gasteiger partial charge in [-0.15, -0.1) is 0 Å². The Hall–Kier alpha value is -0.0800. The molecule has 2 rings (SSSR count). The van der Waals surface area contributed by atoms with E-state index in [0.29, 0.717) is 5.41 Å². The third-order valence-corrected chi connectivity index (χ3v) is 3.70. The van der Waals surface area contributed by atoms with Crippen molar-refractivity contribution in [2.45, 2.75) is 58.0 Å². The standard InChI is InChI=1S/C11H22N2/c1-11(2)7-9-5-4-6-10(8-11)13(9)12-3/h9-10,12H,4-8H2,1-3H3. The molecule has 0 saturated carbocycles. The summed E-state index contributed by atoms with van der Waals surface area (Å²) in [6.07, 6.45) is 6.94. The first-order chi connectivity index (χ1) is 6.12. The predicted octanol–water partition coefficient (Wildman–Crippen LogP) is 2.16. The summed E-state index contributed by atoms with van der Waals surface area (Å²) < 4.78 is 0. The zero-order valence-electron chi connectivity index (χ0n) is 9.14. The minimum absolute atomic E-state index is 0.573. The van der Waals surface area contributed by atoms with Crippen molar-refractivity contribution < 1.29 is 0 Å². The number of nitrogens with one attached hydrogen (secondary N) is 1. The zero-order chi connectivity index (χ0) is 9.47. The number of hydrogen-bond acceptors (Lipinski definition) is 2. The van der Waals surface area contributed by atoms with E-state index in [1.54, 1.807) is 0 Å². The zero-order valence-corrected chi connectivity index (χ0v) is 9.14. The second-order valence-electron chi connectivity index (χ2n) is 5.44. The molecular weight excluding hydrogens is 160 g/mol. The molecule has 1 N–H and O–H groups in total. The van der Waals surface area contributed by atoms with Crippen molar-refractivity contribution in [1.29, 1.82) is 0 Å². The number of fused-ring (bicyclic) bond motifs is 2. The number of piperidine rings is 2. The van der Waals surface area contributed by atoms with E-state index in [4.69, 9.17) is 0 Å². The topological polar surface area (TPSA) is 15.3 Å². The maximum atomic E-state index is 3.38.